The van der Waals surface area contributed by atoms with Gasteiger partial charge in [0, 0.05) is 31.2 Å². The molecule has 0 spiro atoms. The summed E-state index contributed by atoms with van der Waals surface area (Å²) in [5.41, 5.74) is 6.03. The molecule has 0 aliphatic carbocycles. The monoisotopic (exact) mass is 399 g/mol. The third-order valence-electron chi connectivity index (χ3n) is 6.08. The van der Waals surface area contributed by atoms with E-state index in [0.717, 1.165) is 47.6 Å². The summed E-state index contributed by atoms with van der Waals surface area (Å²) in [6.07, 6.45) is 5.65. The lowest BCUT2D eigenvalue weighted by atomic mass is 9.96. The summed E-state index contributed by atoms with van der Waals surface area (Å²) >= 11 is 0. The van der Waals surface area contributed by atoms with Crippen LogP contribution in [0.4, 0.5) is 11.5 Å². The number of aromatic nitrogens is 3. The van der Waals surface area contributed by atoms with Crippen molar-refractivity contribution in [2.45, 2.75) is 26.7 Å². The zero-order valence-corrected chi connectivity index (χ0v) is 17.3. The molecule has 1 fully saturated rings. The van der Waals surface area contributed by atoms with Crippen molar-refractivity contribution in [3.63, 3.8) is 0 Å². The molecule has 1 amide bonds. The Labute approximate surface area is 175 Å². The van der Waals surface area contributed by atoms with Crippen LogP contribution in [0.25, 0.3) is 16.7 Å². The van der Waals surface area contributed by atoms with Gasteiger partial charge in [0.2, 0.25) is 5.91 Å². The molecule has 6 nitrogen and oxygen atoms in total. The van der Waals surface area contributed by atoms with E-state index in [1.165, 1.54) is 11.1 Å². The van der Waals surface area contributed by atoms with Gasteiger partial charge in [-0.05, 0) is 74.2 Å². The van der Waals surface area contributed by atoms with Crippen LogP contribution < -0.4 is 10.2 Å². The number of amides is 1. The molecule has 1 N–H and O–H groups in total. The largest absolute Gasteiger partial charge is 0.354 e. The van der Waals surface area contributed by atoms with Crippen molar-refractivity contribution in [3.8, 4) is 0 Å². The number of hydrogen-bond acceptors (Lipinski definition) is 4. The first-order valence-corrected chi connectivity index (χ1v) is 10.4. The highest BCUT2D eigenvalue weighted by Gasteiger charge is 2.28. The van der Waals surface area contributed by atoms with Gasteiger partial charge in [-0.2, -0.15) is 0 Å². The normalized spacial score (nSPS) is 16.9. The number of fused-ring (bicyclic) bond motifs is 3. The van der Waals surface area contributed by atoms with Gasteiger partial charge in [-0.3, -0.25) is 4.79 Å². The molecule has 0 unspecified atom stereocenters. The highest BCUT2D eigenvalue weighted by atomic mass is 16.1. The van der Waals surface area contributed by atoms with E-state index in [4.69, 9.17) is 4.98 Å². The summed E-state index contributed by atoms with van der Waals surface area (Å²) in [4.78, 5) is 24.5. The Bertz CT molecular complexity index is 1250. The molecular weight excluding hydrogens is 374 g/mol. The number of aryl methyl sites for hydroxylation is 2. The maximum absolute atomic E-state index is 13.0. The number of hydrogen-bond donors (Lipinski definition) is 1. The summed E-state index contributed by atoms with van der Waals surface area (Å²) in [6.45, 7) is 5.69. The highest BCUT2D eigenvalue weighted by Crippen LogP contribution is 2.29. The fraction of sp³-hybridized carbons (Fsp3) is 0.292. The molecule has 4 aromatic rings. The van der Waals surface area contributed by atoms with Crippen LogP contribution in [-0.2, 0) is 4.79 Å². The van der Waals surface area contributed by atoms with Crippen LogP contribution >= 0.6 is 0 Å². The maximum Gasteiger partial charge on any atom is 0.229 e. The smallest absolute Gasteiger partial charge is 0.229 e. The lowest BCUT2D eigenvalue weighted by Crippen LogP contribution is -2.41. The van der Waals surface area contributed by atoms with Gasteiger partial charge >= 0.3 is 0 Å². The number of carbonyl (C=O) groups excluding carboxylic acids is 1. The Balaban J connectivity index is 1.41. The Morgan fingerprint density at radius 1 is 1.10 bits per heavy atom. The molecule has 3 aromatic heterocycles. The van der Waals surface area contributed by atoms with Crippen LogP contribution in [0, 0.1) is 19.8 Å². The SMILES string of the molecule is Cc1ccc(NC(=O)[C@@H]2CCCN(c3nc4ncccc4n4cccc34)C2)cc1C. The molecule has 6 heteroatoms. The molecule has 152 valence electrons. The predicted octanol–water partition coefficient (Wildman–Crippen LogP) is 4.35. The molecule has 1 aromatic carbocycles. The molecule has 1 aliphatic heterocycles. The molecular formula is C24H25N5O. The Hall–Kier alpha value is -3.41. The van der Waals surface area contributed by atoms with Crippen LogP contribution in [0.5, 0.6) is 0 Å². The van der Waals surface area contributed by atoms with Crippen molar-refractivity contribution in [3.05, 3.63) is 66.0 Å². The average molecular weight is 399 g/mol. The molecule has 1 aliphatic rings. The number of carbonyl (C=O) groups is 1. The summed E-state index contributed by atoms with van der Waals surface area (Å²) in [5, 5.41) is 3.11. The molecule has 30 heavy (non-hydrogen) atoms. The van der Waals surface area contributed by atoms with Crippen LogP contribution in [-0.4, -0.2) is 33.4 Å². The van der Waals surface area contributed by atoms with Crippen molar-refractivity contribution in [2.24, 2.45) is 5.92 Å². The van der Waals surface area contributed by atoms with E-state index in [1.807, 2.05) is 42.6 Å². The zero-order chi connectivity index (χ0) is 20.7. The molecule has 4 heterocycles. The molecule has 0 radical (unpaired) electrons. The minimum atomic E-state index is -0.0726. The summed E-state index contributed by atoms with van der Waals surface area (Å²) in [5.74, 6) is 0.903. The van der Waals surface area contributed by atoms with Crippen molar-refractivity contribution in [2.75, 3.05) is 23.3 Å². The first-order valence-electron chi connectivity index (χ1n) is 10.4. The second-order valence-electron chi connectivity index (χ2n) is 8.12. The maximum atomic E-state index is 13.0. The quantitative estimate of drug-likeness (QED) is 0.556. The van der Waals surface area contributed by atoms with E-state index < -0.39 is 0 Å². The summed E-state index contributed by atoms with van der Waals surface area (Å²) in [6, 6.07) is 14.1. The molecule has 1 atom stereocenters. The van der Waals surface area contributed by atoms with Crippen LogP contribution in [0.3, 0.4) is 0 Å². The van der Waals surface area contributed by atoms with Gasteiger partial charge in [-0.1, -0.05) is 6.07 Å². The summed E-state index contributed by atoms with van der Waals surface area (Å²) < 4.78 is 2.13. The van der Waals surface area contributed by atoms with E-state index in [0.29, 0.717) is 6.54 Å². The fourth-order valence-electron chi connectivity index (χ4n) is 4.27. The number of pyridine rings is 1. The van der Waals surface area contributed by atoms with Crippen molar-refractivity contribution in [1.29, 1.82) is 0 Å². The van der Waals surface area contributed by atoms with Gasteiger partial charge in [0.1, 0.15) is 0 Å². The van der Waals surface area contributed by atoms with E-state index in [2.05, 4.69) is 39.5 Å². The highest BCUT2D eigenvalue weighted by molar-refractivity contribution is 5.93. The second kappa shape index (κ2) is 7.44. The van der Waals surface area contributed by atoms with Crippen molar-refractivity contribution < 1.29 is 4.79 Å². The second-order valence-corrected chi connectivity index (χ2v) is 8.12. The average Bonchev–Trinajstić information content (AvgIpc) is 3.26. The van der Waals surface area contributed by atoms with Gasteiger partial charge < -0.3 is 14.6 Å². The van der Waals surface area contributed by atoms with Gasteiger partial charge in [-0.25, -0.2) is 9.97 Å². The van der Waals surface area contributed by atoms with Gasteiger partial charge in [-0.15, -0.1) is 0 Å². The first kappa shape index (κ1) is 18.6. The lowest BCUT2D eigenvalue weighted by Gasteiger charge is -2.33. The minimum Gasteiger partial charge on any atom is -0.354 e. The Kier molecular flexibility index (Phi) is 4.62. The van der Waals surface area contributed by atoms with Crippen LogP contribution in [0.2, 0.25) is 0 Å². The van der Waals surface area contributed by atoms with Gasteiger partial charge in [0.05, 0.1) is 17.0 Å². The number of piperidine rings is 1. The zero-order valence-electron chi connectivity index (χ0n) is 17.3. The standard InChI is InChI=1S/C24H25N5O/c1-16-9-10-19(14-17(16)2)26-24(30)18-6-4-12-28(15-18)23-21-8-5-13-29(21)20-7-3-11-25-22(20)27-23/h3,5,7-11,13-14,18H,4,6,12,15H2,1-2H3,(H,26,30)/t18-/m1/s1. The Morgan fingerprint density at radius 3 is 2.83 bits per heavy atom. The minimum absolute atomic E-state index is 0.0726. The summed E-state index contributed by atoms with van der Waals surface area (Å²) in [7, 11) is 0. The third-order valence-corrected chi connectivity index (χ3v) is 6.08. The molecule has 1 saturated heterocycles. The van der Waals surface area contributed by atoms with Crippen LogP contribution in [0.15, 0.2) is 54.9 Å². The lowest BCUT2D eigenvalue weighted by molar-refractivity contribution is -0.120. The van der Waals surface area contributed by atoms with E-state index in [1.54, 1.807) is 6.20 Å². The fourth-order valence-corrected chi connectivity index (χ4v) is 4.27. The van der Waals surface area contributed by atoms with Crippen molar-refractivity contribution >= 4 is 34.1 Å². The third kappa shape index (κ3) is 3.28. The Morgan fingerprint density at radius 2 is 1.97 bits per heavy atom. The molecule has 0 bridgehead atoms. The number of rotatable bonds is 3. The van der Waals surface area contributed by atoms with Gasteiger partial charge in [0.15, 0.2) is 11.5 Å². The first-order chi connectivity index (χ1) is 14.6. The van der Waals surface area contributed by atoms with E-state index >= 15 is 0 Å². The molecule has 5 rings (SSSR count). The van der Waals surface area contributed by atoms with Crippen LogP contribution in [0.1, 0.15) is 24.0 Å². The van der Waals surface area contributed by atoms with Crippen molar-refractivity contribution in [1.82, 2.24) is 14.4 Å². The van der Waals surface area contributed by atoms with E-state index in [9.17, 15) is 4.79 Å². The van der Waals surface area contributed by atoms with Gasteiger partial charge in [0.25, 0.3) is 0 Å². The number of nitrogens with one attached hydrogen (secondary N) is 1. The molecule has 0 saturated carbocycles. The van der Waals surface area contributed by atoms with E-state index in [-0.39, 0.29) is 11.8 Å². The predicted molar refractivity (Wildman–Crippen MR) is 120 cm³/mol. The number of nitrogens with zero attached hydrogens (tertiary/aromatic N) is 4. The number of anilines is 2. The topological polar surface area (TPSA) is 62.5 Å². The number of benzene rings is 1.